The second-order valence-corrected chi connectivity index (χ2v) is 2.75. The van der Waals surface area contributed by atoms with E-state index in [4.69, 9.17) is 5.11 Å². The SMILES string of the molecule is C=C(F)OC(F)(F)C(F)(OCC(=O)O)C(F)(F)F. The monoisotopic (exact) mass is 286 g/mol. The number of hydrogen-bond donors (Lipinski definition) is 1. The minimum absolute atomic E-state index is 2.05. The highest BCUT2D eigenvalue weighted by atomic mass is 19.4. The lowest BCUT2D eigenvalue weighted by atomic mass is 10.2. The molecule has 0 bridgehead atoms. The number of halogens is 7. The van der Waals surface area contributed by atoms with E-state index in [9.17, 15) is 35.5 Å². The first-order valence-electron chi connectivity index (χ1n) is 3.86. The Morgan fingerprint density at radius 1 is 1.17 bits per heavy atom. The van der Waals surface area contributed by atoms with Gasteiger partial charge in [0.05, 0.1) is 0 Å². The Morgan fingerprint density at radius 2 is 1.61 bits per heavy atom. The van der Waals surface area contributed by atoms with Crippen molar-refractivity contribution < 1.29 is 50.1 Å². The van der Waals surface area contributed by atoms with Crippen LogP contribution in [0.4, 0.5) is 30.7 Å². The quantitative estimate of drug-likeness (QED) is 0.601. The van der Waals surface area contributed by atoms with Crippen molar-refractivity contribution in [2.45, 2.75) is 18.1 Å². The van der Waals surface area contributed by atoms with E-state index in [-0.39, 0.29) is 0 Å². The van der Waals surface area contributed by atoms with E-state index in [1.165, 1.54) is 0 Å². The number of alkyl halides is 6. The van der Waals surface area contributed by atoms with Gasteiger partial charge >= 0.3 is 24.1 Å². The Balaban J connectivity index is 5.33. The maximum absolute atomic E-state index is 13.1. The summed E-state index contributed by atoms with van der Waals surface area (Å²) in [6, 6.07) is -2.41. The predicted molar refractivity (Wildman–Crippen MR) is 39.8 cm³/mol. The summed E-state index contributed by atoms with van der Waals surface area (Å²) in [6.07, 6.45) is -12.2. The van der Waals surface area contributed by atoms with Crippen molar-refractivity contribution in [1.82, 2.24) is 0 Å². The Morgan fingerprint density at radius 3 is 1.89 bits per heavy atom. The third-order valence-electron chi connectivity index (χ3n) is 1.37. The predicted octanol–water partition coefficient (Wildman–Crippen LogP) is 2.37. The maximum Gasteiger partial charge on any atom is 0.471 e. The van der Waals surface area contributed by atoms with Crippen LogP contribution in [-0.4, -0.2) is 35.8 Å². The van der Waals surface area contributed by atoms with Crippen molar-refractivity contribution in [3.63, 3.8) is 0 Å². The minimum atomic E-state index is -6.37. The Kier molecular flexibility index (Phi) is 4.58. The van der Waals surface area contributed by atoms with Crippen molar-refractivity contribution >= 4 is 5.97 Å². The second-order valence-electron chi connectivity index (χ2n) is 2.75. The van der Waals surface area contributed by atoms with E-state index in [1.54, 1.807) is 0 Å². The molecule has 0 radical (unpaired) electrons. The molecular formula is C7H5F7O4. The van der Waals surface area contributed by atoms with E-state index in [1.807, 2.05) is 0 Å². The molecule has 1 N–H and O–H groups in total. The van der Waals surface area contributed by atoms with Crippen molar-refractivity contribution in [3.8, 4) is 0 Å². The summed E-state index contributed by atoms with van der Waals surface area (Å²) in [7, 11) is 0. The first-order valence-corrected chi connectivity index (χ1v) is 3.86. The second kappa shape index (κ2) is 5.00. The molecule has 11 heteroatoms. The molecule has 0 fully saturated rings. The fraction of sp³-hybridized carbons (Fsp3) is 0.571. The van der Waals surface area contributed by atoms with Crippen LogP contribution in [0.3, 0.4) is 0 Å². The van der Waals surface area contributed by atoms with Crippen LogP contribution < -0.4 is 0 Å². The average molecular weight is 286 g/mol. The van der Waals surface area contributed by atoms with Crippen molar-refractivity contribution in [2.75, 3.05) is 6.61 Å². The maximum atomic E-state index is 13.1. The molecule has 4 nitrogen and oxygen atoms in total. The fourth-order valence-electron chi connectivity index (χ4n) is 0.697. The van der Waals surface area contributed by atoms with Crippen LogP contribution in [0.5, 0.6) is 0 Å². The van der Waals surface area contributed by atoms with Gasteiger partial charge in [-0.2, -0.15) is 30.7 Å². The minimum Gasteiger partial charge on any atom is -0.480 e. The van der Waals surface area contributed by atoms with E-state index in [0.29, 0.717) is 0 Å². The topological polar surface area (TPSA) is 55.8 Å². The third kappa shape index (κ3) is 3.48. The van der Waals surface area contributed by atoms with Gasteiger partial charge in [0.25, 0.3) is 6.01 Å². The number of aliphatic carboxylic acids is 1. The van der Waals surface area contributed by atoms with Gasteiger partial charge in [-0.1, -0.05) is 0 Å². The summed E-state index contributed by atoms with van der Waals surface area (Å²) in [5.74, 6) is -8.00. The number of rotatable bonds is 6. The van der Waals surface area contributed by atoms with Gasteiger partial charge in [0.1, 0.15) is 6.61 Å². The largest absolute Gasteiger partial charge is 0.480 e. The van der Waals surface area contributed by atoms with Gasteiger partial charge in [0, 0.05) is 0 Å². The smallest absolute Gasteiger partial charge is 0.471 e. The molecule has 0 heterocycles. The molecule has 1 atom stereocenters. The molecule has 0 aromatic heterocycles. The summed E-state index contributed by atoms with van der Waals surface area (Å²) in [5, 5.41) is 7.95. The van der Waals surface area contributed by atoms with E-state index >= 15 is 0 Å². The van der Waals surface area contributed by atoms with Crippen molar-refractivity contribution in [1.29, 1.82) is 0 Å². The van der Waals surface area contributed by atoms with Crippen molar-refractivity contribution in [3.05, 3.63) is 12.6 Å². The number of hydrogen-bond acceptors (Lipinski definition) is 3. The van der Waals surface area contributed by atoms with E-state index < -0.39 is 36.7 Å². The normalized spacial score (nSPS) is 15.9. The van der Waals surface area contributed by atoms with Gasteiger partial charge in [0.15, 0.2) is 0 Å². The summed E-state index contributed by atoms with van der Waals surface area (Å²) >= 11 is 0. The highest BCUT2D eigenvalue weighted by Gasteiger charge is 2.76. The molecule has 0 aliphatic carbocycles. The highest BCUT2D eigenvalue weighted by Crippen LogP contribution is 2.47. The third-order valence-corrected chi connectivity index (χ3v) is 1.37. The van der Waals surface area contributed by atoms with E-state index in [2.05, 4.69) is 16.1 Å². The Labute approximate surface area is 94.6 Å². The summed E-state index contributed by atoms with van der Waals surface area (Å²) in [6.45, 7) is 0.00844. The number of carboxylic acid groups (broad SMARTS) is 1. The fourth-order valence-corrected chi connectivity index (χ4v) is 0.697. The molecule has 0 saturated carbocycles. The standard InChI is InChI=1S/C7H5F7O4/c1-3(8)18-7(13,14)5(9,6(10,11)12)17-2-4(15)16/h1-2H2,(H,15,16). The Bertz CT molecular complexity index is 339. The summed E-state index contributed by atoms with van der Waals surface area (Å²) in [5.41, 5.74) is 0. The van der Waals surface area contributed by atoms with Crippen LogP contribution in [-0.2, 0) is 14.3 Å². The molecule has 0 saturated heterocycles. The molecule has 0 amide bonds. The molecule has 18 heavy (non-hydrogen) atoms. The van der Waals surface area contributed by atoms with Crippen LogP contribution in [0.15, 0.2) is 12.6 Å². The molecule has 1 unspecified atom stereocenters. The van der Waals surface area contributed by atoms with E-state index in [0.717, 1.165) is 0 Å². The lowest BCUT2D eigenvalue weighted by Crippen LogP contribution is -2.58. The molecule has 0 aromatic rings. The number of ether oxygens (including phenoxy) is 2. The highest BCUT2D eigenvalue weighted by molar-refractivity contribution is 5.68. The van der Waals surface area contributed by atoms with Crippen LogP contribution >= 0.6 is 0 Å². The van der Waals surface area contributed by atoms with Gasteiger partial charge in [-0.15, -0.1) is 0 Å². The van der Waals surface area contributed by atoms with Gasteiger partial charge < -0.3 is 14.6 Å². The van der Waals surface area contributed by atoms with Crippen LogP contribution in [0.25, 0.3) is 0 Å². The number of carboxylic acids is 1. The van der Waals surface area contributed by atoms with Crippen molar-refractivity contribution in [2.24, 2.45) is 0 Å². The zero-order valence-corrected chi connectivity index (χ0v) is 8.23. The molecule has 106 valence electrons. The molecule has 0 aromatic carbocycles. The molecule has 0 spiro atoms. The Hall–Kier alpha value is -1.52. The van der Waals surface area contributed by atoms with Crippen LogP contribution in [0.1, 0.15) is 0 Å². The first-order chi connectivity index (χ1) is 7.83. The lowest BCUT2D eigenvalue weighted by Gasteiger charge is -2.32. The number of carbonyl (C=O) groups is 1. The molecule has 0 rings (SSSR count). The van der Waals surface area contributed by atoms with Crippen LogP contribution in [0.2, 0.25) is 0 Å². The zero-order valence-electron chi connectivity index (χ0n) is 8.23. The van der Waals surface area contributed by atoms with Crippen LogP contribution in [0, 0.1) is 0 Å². The van der Waals surface area contributed by atoms with Gasteiger partial charge in [-0.3, -0.25) is 0 Å². The first kappa shape index (κ1) is 16.5. The lowest BCUT2D eigenvalue weighted by molar-refractivity contribution is -0.452. The summed E-state index contributed by atoms with van der Waals surface area (Å²) < 4.78 is 92.4. The molecule has 0 aliphatic heterocycles. The molecule has 0 aliphatic rings. The molecular weight excluding hydrogens is 281 g/mol. The van der Waals surface area contributed by atoms with Gasteiger partial charge in [0.2, 0.25) is 0 Å². The summed E-state index contributed by atoms with van der Waals surface area (Å²) in [4.78, 5) is 9.89. The van der Waals surface area contributed by atoms with Gasteiger partial charge in [-0.25, -0.2) is 4.79 Å². The van der Waals surface area contributed by atoms with Gasteiger partial charge in [-0.05, 0) is 6.58 Å². The zero-order chi connectivity index (χ0) is 14.8. The average Bonchev–Trinajstić information content (AvgIpc) is 2.09.